The number of sulfonamides is 1. The second kappa shape index (κ2) is 6.10. The van der Waals surface area contributed by atoms with Crippen molar-refractivity contribution in [1.82, 2.24) is 9.29 Å². The number of thiazole rings is 1. The lowest BCUT2D eigenvalue weighted by molar-refractivity contribution is -0.120. The minimum atomic E-state index is -3.18. The third kappa shape index (κ3) is 3.39. The first-order valence-electron chi connectivity index (χ1n) is 7.33. The number of fused-ring (bicyclic) bond motifs is 1. The highest BCUT2D eigenvalue weighted by Crippen LogP contribution is 2.30. The second-order valence-electron chi connectivity index (χ2n) is 5.71. The number of amides is 1. The maximum Gasteiger partial charge on any atom is 0.229 e. The standard InChI is InChI=1S/C14H19N3O3S2/c1-22(19,20)17-8-7-11-12(9-17)21-14(15-11)16-13(18)10-5-3-2-4-6-10/h2-3,10H,4-9H2,1H3,(H,15,16,18)/t10-/m1/s1. The Kier molecular flexibility index (Phi) is 4.33. The number of rotatable bonds is 3. The smallest absolute Gasteiger partial charge is 0.229 e. The van der Waals surface area contributed by atoms with Crippen LogP contribution in [-0.2, 0) is 27.8 Å². The zero-order chi connectivity index (χ0) is 15.7. The number of carbonyl (C=O) groups excluding carboxylic acids is 1. The average Bonchev–Trinajstić information content (AvgIpc) is 2.88. The van der Waals surface area contributed by atoms with Gasteiger partial charge in [-0.2, -0.15) is 4.31 Å². The molecule has 120 valence electrons. The van der Waals surface area contributed by atoms with Crippen LogP contribution >= 0.6 is 11.3 Å². The highest BCUT2D eigenvalue weighted by atomic mass is 32.2. The summed E-state index contributed by atoms with van der Waals surface area (Å²) in [5, 5.41) is 3.47. The summed E-state index contributed by atoms with van der Waals surface area (Å²) < 4.78 is 24.7. The minimum absolute atomic E-state index is 0.00964. The summed E-state index contributed by atoms with van der Waals surface area (Å²) >= 11 is 1.38. The van der Waals surface area contributed by atoms with Gasteiger partial charge >= 0.3 is 0 Å². The lowest BCUT2D eigenvalue weighted by Crippen LogP contribution is -2.34. The topological polar surface area (TPSA) is 79.4 Å². The van der Waals surface area contributed by atoms with E-state index in [2.05, 4.69) is 16.4 Å². The molecule has 0 fully saturated rings. The molecule has 2 heterocycles. The quantitative estimate of drug-likeness (QED) is 0.850. The lowest BCUT2D eigenvalue weighted by Gasteiger charge is -2.23. The number of hydrogen-bond acceptors (Lipinski definition) is 5. The Morgan fingerprint density at radius 1 is 1.45 bits per heavy atom. The van der Waals surface area contributed by atoms with Crippen LogP contribution < -0.4 is 5.32 Å². The van der Waals surface area contributed by atoms with E-state index >= 15 is 0 Å². The third-order valence-corrected chi connectivity index (χ3v) is 6.28. The predicted octanol–water partition coefficient (Wildman–Crippen LogP) is 1.76. The second-order valence-corrected chi connectivity index (χ2v) is 8.77. The fraction of sp³-hybridized carbons (Fsp3) is 0.571. The van der Waals surface area contributed by atoms with E-state index in [1.165, 1.54) is 21.9 Å². The molecule has 1 amide bonds. The summed E-state index contributed by atoms with van der Waals surface area (Å²) in [6.07, 6.45) is 8.55. The zero-order valence-corrected chi connectivity index (χ0v) is 14.0. The predicted molar refractivity (Wildman–Crippen MR) is 86.2 cm³/mol. The molecule has 3 rings (SSSR count). The Bertz CT molecular complexity index is 709. The summed E-state index contributed by atoms with van der Waals surface area (Å²) in [6, 6.07) is 0. The molecule has 0 bridgehead atoms. The van der Waals surface area contributed by atoms with Gasteiger partial charge in [0.05, 0.1) is 11.9 Å². The molecule has 1 N–H and O–H groups in total. The normalized spacial score (nSPS) is 22.3. The minimum Gasteiger partial charge on any atom is -0.302 e. The molecule has 0 saturated heterocycles. The lowest BCUT2D eigenvalue weighted by atomic mass is 9.94. The van der Waals surface area contributed by atoms with Gasteiger partial charge in [-0.3, -0.25) is 4.79 Å². The van der Waals surface area contributed by atoms with Crippen LogP contribution in [0.2, 0.25) is 0 Å². The fourth-order valence-electron chi connectivity index (χ4n) is 2.75. The van der Waals surface area contributed by atoms with Crippen molar-refractivity contribution in [3.8, 4) is 0 Å². The van der Waals surface area contributed by atoms with E-state index in [1.807, 2.05) is 6.08 Å². The monoisotopic (exact) mass is 341 g/mol. The summed E-state index contributed by atoms with van der Waals surface area (Å²) in [6.45, 7) is 0.810. The Morgan fingerprint density at radius 3 is 2.95 bits per heavy atom. The molecule has 8 heteroatoms. The maximum atomic E-state index is 12.2. The van der Waals surface area contributed by atoms with Crippen molar-refractivity contribution in [2.45, 2.75) is 32.2 Å². The number of nitrogens with zero attached hydrogens (tertiary/aromatic N) is 2. The molecule has 0 radical (unpaired) electrons. The summed E-state index contributed by atoms with van der Waals surface area (Å²) in [5.74, 6) is 0.0221. The van der Waals surface area contributed by atoms with Crippen molar-refractivity contribution in [3.05, 3.63) is 22.7 Å². The van der Waals surface area contributed by atoms with Crippen LogP contribution in [0.4, 0.5) is 5.13 Å². The van der Waals surface area contributed by atoms with E-state index in [1.54, 1.807) is 0 Å². The molecule has 0 spiro atoms. The Balaban J connectivity index is 1.69. The number of nitrogens with one attached hydrogen (secondary N) is 1. The summed E-state index contributed by atoms with van der Waals surface area (Å²) in [5.41, 5.74) is 0.906. The first-order chi connectivity index (χ1) is 10.4. The molecule has 0 saturated carbocycles. The molecular formula is C14H19N3O3S2. The number of allylic oxidation sites excluding steroid dienone is 2. The van der Waals surface area contributed by atoms with Crippen molar-refractivity contribution in [3.63, 3.8) is 0 Å². The van der Waals surface area contributed by atoms with Gasteiger partial charge in [-0.1, -0.05) is 12.2 Å². The molecule has 6 nitrogen and oxygen atoms in total. The van der Waals surface area contributed by atoms with Gasteiger partial charge in [-0.15, -0.1) is 11.3 Å². The van der Waals surface area contributed by atoms with Gasteiger partial charge in [0.2, 0.25) is 15.9 Å². The third-order valence-electron chi connectivity index (χ3n) is 4.04. The highest BCUT2D eigenvalue weighted by Gasteiger charge is 2.27. The molecule has 0 aromatic carbocycles. The van der Waals surface area contributed by atoms with Crippen molar-refractivity contribution >= 4 is 32.4 Å². The number of carbonyl (C=O) groups is 1. The van der Waals surface area contributed by atoms with Crippen LogP contribution in [0.15, 0.2) is 12.2 Å². The van der Waals surface area contributed by atoms with Gasteiger partial charge in [-0.05, 0) is 19.3 Å². The van der Waals surface area contributed by atoms with E-state index in [9.17, 15) is 13.2 Å². The molecule has 22 heavy (non-hydrogen) atoms. The first-order valence-corrected chi connectivity index (χ1v) is 9.99. The first kappa shape index (κ1) is 15.6. The molecule has 1 aromatic heterocycles. The molecular weight excluding hydrogens is 322 g/mol. The zero-order valence-electron chi connectivity index (χ0n) is 12.4. The summed E-state index contributed by atoms with van der Waals surface area (Å²) in [7, 11) is -3.18. The van der Waals surface area contributed by atoms with Gasteiger partial charge in [0.25, 0.3) is 0 Å². The van der Waals surface area contributed by atoms with Gasteiger partial charge in [0.15, 0.2) is 5.13 Å². The van der Waals surface area contributed by atoms with E-state index < -0.39 is 10.0 Å². The largest absolute Gasteiger partial charge is 0.302 e. The van der Waals surface area contributed by atoms with Crippen LogP contribution in [-0.4, -0.2) is 36.4 Å². The molecule has 2 aliphatic rings. The van der Waals surface area contributed by atoms with Crippen LogP contribution in [0.3, 0.4) is 0 Å². The molecule has 0 unspecified atom stereocenters. The van der Waals surface area contributed by atoms with Crippen molar-refractivity contribution in [1.29, 1.82) is 0 Å². The Labute approximate surface area is 134 Å². The van der Waals surface area contributed by atoms with E-state index in [4.69, 9.17) is 0 Å². The van der Waals surface area contributed by atoms with Gasteiger partial charge in [-0.25, -0.2) is 13.4 Å². The van der Waals surface area contributed by atoms with Crippen molar-refractivity contribution in [2.24, 2.45) is 5.92 Å². The van der Waals surface area contributed by atoms with Gasteiger partial charge < -0.3 is 5.32 Å². The fourth-order valence-corrected chi connectivity index (χ4v) is 4.64. The molecule has 1 atom stereocenters. The number of anilines is 1. The average molecular weight is 341 g/mol. The maximum absolute atomic E-state index is 12.2. The van der Waals surface area contributed by atoms with Crippen molar-refractivity contribution < 1.29 is 13.2 Å². The van der Waals surface area contributed by atoms with Crippen molar-refractivity contribution in [2.75, 3.05) is 18.1 Å². The van der Waals surface area contributed by atoms with Crippen LogP contribution in [0.1, 0.15) is 29.8 Å². The molecule has 1 aliphatic heterocycles. The highest BCUT2D eigenvalue weighted by molar-refractivity contribution is 7.88. The van der Waals surface area contributed by atoms with E-state index in [0.717, 1.165) is 29.8 Å². The van der Waals surface area contributed by atoms with Gasteiger partial charge in [0, 0.05) is 30.3 Å². The number of hydrogen-bond donors (Lipinski definition) is 1. The number of aromatic nitrogens is 1. The van der Waals surface area contributed by atoms with E-state index in [0.29, 0.717) is 24.6 Å². The van der Waals surface area contributed by atoms with E-state index in [-0.39, 0.29) is 11.8 Å². The Hall–Kier alpha value is -1.25. The molecule has 1 aromatic rings. The summed E-state index contributed by atoms with van der Waals surface area (Å²) in [4.78, 5) is 17.6. The molecule has 1 aliphatic carbocycles. The van der Waals surface area contributed by atoms with Crippen LogP contribution in [0.5, 0.6) is 0 Å². The van der Waals surface area contributed by atoms with Crippen LogP contribution in [0.25, 0.3) is 0 Å². The van der Waals surface area contributed by atoms with Gasteiger partial charge in [0.1, 0.15) is 0 Å². The van der Waals surface area contributed by atoms with Crippen LogP contribution in [0, 0.1) is 5.92 Å². The Morgan fingerprint density at radius 2 is 2.27 bits per heavy atom. The SMILES string of the molecule is CS(=O)(=O)N1CCc2nc(NC(=O)[C@@H]3CC=CCC3)sc2C1.